The van der Waals surface area contributed by atoms with Crippen LogP contribution in [0.5, 0.6) is 0 Å². The van der Waals surface area contributed by atoms with E-state index in [1.807, 2.05) is 35.9 Å². The number of carbonyl (C=O) groups is 4. The van der Waals surface area contributed by atoms with E-state index in [2.05, 4.69) is 15.8 Å². The van der Waals surface area contributed by atoms with Crippen molar-refractivity contribution in [3.63, 3.8) is 0 Å². The van der Waals surface area contributed by atoms with E-state index >= 15 is 0 Å². The first-order chi connectivity index (χ1) is 14.9. The Morgan fingerprint density at radius 2 is 1.65 bits per heavy atom. The largest absolute Gasteiger partial charge is 0.331 e. The summed E-state index contributed by atoms with van der Waals surface area (Å²) >= 11 is 0. The van der Waals surface area contributed by atoms with Gasteiger partial charge >= 0.3 is 0 Å². The molecule has 0 bridgehead atoms. The molecule has 0 unspecified atom stereocenters. The van der Waals surface area contributed by atoms with Gasteiger partial charge in [-0.3, -0.25) is 34.9 Å². The molecular weight excluding hydrogens is 398 g/mol. The first-order valence-electron chi connectivity index (χ1n) is 9.84. The molecule has 1 fully saturated rings. The SMILES string of the molecule is Cn1c(CC(=O)NNC(=O)c2ccc(CN3C(=O)CCC3=O)cc2)nc2ccccc21. The summed E-state index contributed by atoms with van der Waals surface area (Å²) in [6.45, 7) is 0.189. The number of hydrazine groups is 1. The Morgan fingerprint density at radius 3 is 2.32 bits per heavy atom. The summed E-state index contributed by atoms with van der Waals surface area (Å²) in [5.41, 5.74) is 7.58. The van der Waals surface area contributed by atoms with Crippen molar-refractivity contribution in [2.75, 3.05) is 0 Å². The van der Waals surface area contributed by atoms with Crippen LogP contribution in [0.25, 0.3) is 11.0 Å². The molecule has 9 heteroatoms. The highest BCUT2D eigenvalue weighted by Gasteiger charge is 2.28. The van der Waals surface area contributed by atoms with Crippen LogP contribution in [0.15, 0.2) is 48.5 Å². The minimum absolute atomic E-state index is 0.0162. The summed E-state index contributed by atoms with van der Waals surface area (Å²) in [6, 6.07) is 14.1. The molecule has 0 aliphatic carbocycles. The molecule has 9 nitrogen and oxygen atoms in total. The van der Waals surface area contributed by atoms with Crippen LogP contribution in [-0.2, 0) is 34.4 Å². The average molecular weight is 419 g/mol. The molecule has 158 valence electrons. The number of fused-ring (bicyclic) bond motifs is 1. The van der Waals surface area contributed by atoms with Crippen molar-refractivity contribution in [2.45, 2.75) is 25.8 Å². The van der Waals surface area contributed by atoms with E-state index in [9.17, 15) is 19.2 Å². The number of nitrogens with one attached hydrogen (secondary N) is 2. The van der Waals surface area contributed by atoms with Crippen molar-refractivity contribution in [1.29, 1.82) is 0 Å². The molecule has 1 saturated heterocycles. The van der Waals surface area contributed by atoms with E-state index in [0.29, 0.717) is 11.4 Å². The predicted octanol–water partition coefficient (Wildman–Crippen LogP) is 1.23. The van der Waals surface area contributed by atoms with Crippen LogP contribution in [0.4, 0.5) is 0 Å². The molecular formula is C22H21N5O4. The number of rotatable bonds is 5. The Bertz CT molecular complexity index is 1170. The lowest BCUT2D eigenvalue weighted by molar-refractivity contribution is -0.139. The maximum Gasteiger partial charge on any atom is 0.269 e. The number of hydrogen-bond acceptors (Lipinski definition) is 5. The van der Waals surface area contributed by atoms with Gasteiger partial charge in [0.2, 0.25) is 17.7 Å². The van der Waals surface area contributed by atoms with Gasteiger partial charge in [0.25, 0.3) is 5.91 Å². The molecule has 1 aliphatic heterocycles. The minimum atomic E-state index is -0.474. The third-order valence-electron chi connectivity index (χ3n) is 5.23. The maximum atomic E-state index is 12.3. The quantitative estimate of drug-likeness (QED) is 0.477. The first-order valence-corrected chi connectivity index (χ1v) is 9.84. The fourth-order valence-electron chi connectivity index (χ4n) is 3.48. The second-order valence-electron chi connectivity index (χ2n) is 7.33. The van der Waals surface area contributed by atoms with Gasteiger partial charge < -0.3 is 4.57 Å². The van der Waals surface area contributed by atoms with Gasteiger partial charge in [-0.05, 0) is 29.8 Å². The Kier molecular flexibility index (Phi) is 5.48. The van der Waals surface area contributed by atoms with Gasteiger partial charge in [-0.15, -0.1) is 0 Å². The molecule has 0 spiro atoms. The van der Waals surface area contributed by atoms with E-state index in [1.54, 1.807) is 24.3 Å². The number of nitrogens with zero attached hydrogens (tertiary/aromatic N) is 3. The van der Waals surface area contributed by atoms with Crippen molar-refractivity contribution < 1.29 is 19.2 Å². The number of benzene rings is 2. The molecule has 1 aliphatic rings. The summed E-state index contributed by atoms with van der Waals surface area (Å²) in [7, 11) is 1.83. The number of amides is 4. The van der Waals surface area contributed by atoms with Crippen molar-refractivity contribution in [1.82, 2.24) is 25.3 Å². The topological polar surface area (TPSA) is 113 Å². The van der Waals surface area contributed by atoms with Crippen LogP contribution in [0.3, 0.4) is 0 Å². The van der Waals surface area contributed by atoms with E-state index in [1.165, 1.54) is 4.90 Å². The Labute approximate surface area is 178 Å². The van der Waals surface area contributed by atoms with Gasteiger partial charge in [-0.2, -0.15) is 0 Å². The van der Waals surface area contributed by atoms with Gasteiger partial charge in [0, 0.05) is 25.5 Å². The van der Waals surface area contributed by atoms with Gasteiger partial charge in [0.05, 0.1) is 24.0 Å². The molecule has 2 aromatic carbocycles. The summed E-state index contributed by atoms with van der Waals surface area (Å²) in [5, 5.41) is 0. The maximum absolute atomic E-state index is 12.3. The number of carbonyl (C=O) groups excluding carboxylic acids is 4. The molecule has 3 aromatic rings. The summed E-state index contributed by atoms with van der Waals surface area (Å²) in [4.78, 5) is 53.6. The lowest BCUT2D eigenvalue weighted by Gasteiger charge is -2.14. The van der Waals surface area contributed by atoms with E-state index < -0.39 is 11.8 Å². The molecule has 1 aromatic heterocycles. The van der Waals surface area contributed by atoms with Crippen molar-refractivity contribution in [3.05, 3.63) is 65.5 Å². The standard InChI is InChI=1S/C22H21N5O4/c1-26-17-5-3-2-4-16(17)23-18(26)12-19(28)24-25-22(31)15-8-6-14(7-9-15)13-27-20(29)10-11-21(27)30/h2-9H,10-13H2,1H3,(H,24,28)(H,25,31). The second-order valence-corrected chi connectivity index (χ2v) is 7.33. The number of likely N-dealkylation sites (tertiary alicyclic amines) is 1. The number of imidazole rings is 1. The van der Waals surface area contributed by atoms with Crippen LogP contribution in [0.1, 0.15) is 34.6 Å². The van der Waals surface area contributed by atoms with Crippen LogP contribution in [0, 0.1) is 0 Å². The molecule has 0 radical (unpaired) electrons. The van der Waals surface area contributed by atoms with Crippen LogP contribution in [-0.4, -0.2) is 38.1 Å². The van der Waals surface area contributed by atoms with E-state index in [0.717, 1.165) is 16.6 Å². The Hall–Kier alpha value is -4.01. The molecule has 2 N–H and O–H groups in total. The third-order valence-corrected chi connectivity index (χ3v) is 5.23. The zero-order valence-corrected chi connectivity index (χ0v) is 16.9. The molecule has 31 heavy (non-hydrogen) atoms. The molecule has 4 amide bonds. The monoisotopic (exact) mass is 419 g/mol. The number of hydrogen-bond donors (Lipinski definition) is 2. The fraction of sp³-hybridized carbons (Fsp3) is 0.227. The summed E-state index contributed by atoms with van der Waals surface area (Å²) in [6.07, 6.45) is 0.503. The fourth-order valence-corrected chi connectivity index (χ4v) is 3.48. The van der Waals surface area contributed by atoms with Gasteiger partial charge in [0.1, 0.15) is 5.82 Å². The zero-order chi connectivity index (χ0) is 22.0. The van der Waals surface area contributed by atoms with Crippen LogP contribution >= 0.6 is 0 Å². The number of aromatic nitrogens is 2. The Balaban J connectivity index is 1.31. The highest BCUT2D eigenvalue weighted by Crippen LogP contribution is 2.16. The van der Waals surface area contributed by atoms with Crippen molar-refractivity contribution in [3.8, 4) is 0 Å². The molecule has 0 saturated carbocycles. The second kappa shape index (κ2) is 8.39. The normalized spacial score (nSPS) is 13.6. The molecule has 2 heterocycles. The van der Waals surface area contributed by atoms with Gasteiger partial charge in [-0.25, -0.2) is 4.98 Å². The number of imide groups is 1. The highest BCUT2D eigenvalue weighted by molar-refractivity contribution is 6.01. The third kappa shape index (κ3) is 4.30. The number of aryl methyl sites for hydroxylation is 1. The highest BCUT2D eigenvalue weighted by atomic mass is 16.2. The summed E-state index contributed by atoms with van der Waals surface area (Å²) in [5.74, 6) is -0.652. The first kappa shape index (κ1) is 20.3. The van der Waals surface area contributed by atoms with Crippen molar-refractivity contribution in [2.24, 2.45) is 7.05 Å². The predicted molar refractivity (Wildman–Crippen MR) is 111 cm³/mol. The van der Waals surface area contributed by atoms with E-state index in [-0.39, 0.29) is 37.6 Å². The van der Waals surface area contributed by atoms with Gasteiger partial charge in [-0.1, -0.05) is 24.3 Å². The van der Waals surface area contributed by atoms with Crippen LogP contribution in [0.2, 0.25) is 0 Å². The van der Waals surface area contributed by atoms with Crippen molar-refractivity contribution >= 4 is 34.7 Å². The smallest absolute Gasteiger partial charge is 0.269 e. The van der Waals surface area contributed by atoms with Gasteiger partial charge in [0.15, 0.2) is 0 Å². The minimum Gasteiger partial charge on any atom is -0.331 e. The molecule has 4 rings (SSSR count). The summed E-state index contributed by atoms with van der Waals surface area (Å²) < 4.78 is 1.84. The molecule has 0 atom stereocenters. The Morgan fingerprint density at radius 1 is 0.968 bits per heavy atom. The average Bonchev–Trinajstić information content (AvgIpc) is 3.26. The van der Waals surface area contributed by atoms with E-state index in [4.69, 9.17) is 0 Å². The zero-order valence-electron chi connectivity index (χ0n) is 16.9. The van der Waals surface area contributed by atoms with Crippen LogP contribution < -0.4 is 10.9 Å². The lowest BCUT2D eigenvalue weighted by Crippen LogP contribution is -2.42. The number of para-hydroxylation sites is 2. The lowest BCUT2D eigenvalue weighted by atomic mass is 10.1.